The fourth-order valence-corrected chi connectivity index (χ4v) is 0.416. The van der Waals surface area contributed by atoms with E-state index < -0.39 is 12.1 Å². The van der Waals surface area contributed by atoms with Gasteiger partial charge in [-0.05, 0) is 19.9 Å². The number of carboxylic acid groups (broad SMARTS) is 1. The van der Waals surface area contributed by atoms with E-state index in [1.54, 1.807) is 0 Å². The van der Waals surface area contributed by atoms with Gasteiger partial charge in [0.2, 0.25) is 0 Å². The molecule has 0 radical (unpaired) electrons. The summed E-state index contributed by atoms with van der Waals surface area (Å²) in [5, 5.41) is 8.20. The molecule has 52 valence electrons. The van der Waals surface area contributed by atoms with Crippen molar-refractivity contribution in [3.8, 4) is 0 Å². The summed E-state index contributed by atoms with van der Waals surface area (Å²) in [4.78, 5) is 10.00. The van der Waals surface area contributed by atoms with Crippen LogP contribution in [0.15, 0.2) is 11.6 Å². The summed E-state index contributed by atoms with van der Waals surface area (Å²) in [7, 11) is 0. The second-order valence-corrected chi connectivity index (χ2v) is 1.83. The van der Waals surface area contributed by atoms with Crippen molar-refractivity contribution in [2.75, 3.05) is 0 Å². The van der Waals surface area contributed by atoms with Crippen molar-refractivity contribution >= 4 is 5.97 Å². The normalized spacial score (nSPS) is 15.2. The van der Waals surface area contributed by atoms with Gasteiger partial charge in [-0.2, -0.15) is 0 Å². The molecule has 0 fully saturated rings. The predicted octanol–water partition coefficient (Wildman–Crippen LogP) is 1.38. The molecule has 0 aliphatic carbocycles. The van der Waals surface area contributed by atoms with Crippen molar-refractivity contribution in [3.63, 3.8) is 0 Å². The fraction of sp³-hybridized carbons (Fsp3) is 0.500. The van der Waals surface area contributed by atoms with Gasteiger partial charge in [0, 0.05) is 5.57 Å². The Hall–Kier alpha value is -0.860. The summed E-state index contributed by atoms with van der Waals surface area (Å²) in [6.07, 6.45) is -0.122. The first-order valence-corrected chi connectivity index (χ1v) is 2.60. The molecule has 0 aromatic carbocycles. The molecule has 9 heavy (non-hydrogen) atoms. The molecule has 0 heterocycles. The van der Waals surface area contributed by atoms with Crippen LogP contribution < -0.4 is 0 Å². The van der Waals surface area contributed by atoms with Gasteiger partial charge < -0.3 is 5.11 Å². The molecule has 0 rings (SSSR count). The minimum absolute atomic E-state index is 0.0463. The van der Waals surface area contributed by atoms with Gasteiger partial charge in [-0.3, -0.25) is 0 Å². The van der Waals surface area contributed by atoms with E-state index in [4.69, 9.17) is 5.11 Å². The molecule has 0 saturated heterocycles. The average molecular weight is 132 g/mol. The molecule has 1 N–H and O–H groups in total. The van der Waals surface area contributed by atoms with Crippen molar-refractivity contribution in [3.05, 3.63) is 11.6 Å². The highest BCUT2D eigenvalue weighted by molar-refractivity contribution is 5.85. The zero-order chi connectivity index (χ0) is 7.44. The monoisotopic (exact) mass is 132 g/mol. The Balaban J connectivity index is 4.00. The lowest BCUT2D eigenvalue weighted by molar-refractivity contribution is -0.132. The third-order valence-corrected chi connectivity index (χ3v) is 0.817. The first kappa shape index (κ1) is 8.14. The highest BCUT2D eigenvalue weighted by Crippen LogP contribution is 1.97. The number of hydrogen-bond donors (Lipinski definition) is 1. The van der Waals surface area contributed by atoms with Gasteiger partial charge >= 0.3 is 5.97 Å². The Morgan fingerprint density at radius 1 is 1.78 bits per heavy atom. The molecular formula is C6H9FO2. The van der Waals surface area contributed by atoms with Crippen molar-refractivity contribution in [1.82, 2.24) is 0 Å². The van der Waals surface area contributed by atoms with E-state index in [1.165, 1.54) is 13.8 Å². The maximum atomic E-state index is 12.0. The van der Waals surface area contributed by atoms with Crippen LogP contribution in [0, 0.1) is 0 Å². The second-order valence-electron chi connectivity index (χ2n) is 1.83. The molecule has 0 aromatic heterocycles. The third kappa shape index (κ3) is 3.70. The standard InChI is InChI=1S/C6H9FO2/c1-4(6(8)9)3-5(2)7/h3,5H,1-2H3,(H,8,9). The smallest absolute Gasteiger partial charge is 0.331 e. The highest BCUT2D eigenvalue weighted by atomic mass is 19.1. The van der Waals surface area contributed by atoms with Crippen LogP contribution in [0.5, 0.6) is 0 Å². The van der Waals surface area contributed by atoms with Crippen molar-refractivity contribution < 1.29 is 14.3 Å². The van der Waals surface area contributed by atoms with E-state index in [9.17, 15) is 9.18 Å². The Labute approximate surface area is 53.0 Å². The number of allylic oxidation sites excluding steroid dienone is 1. The summed E-state index contributed by atoms with van der Waals surface area (Å²) in [6.45, 7) is 2.64. The number of carboxylic acids is 1. The minimum atomic E-state index is -1.18. The zero-order valence-corrected chi connectivity index (χ0v) is 5.39. The van der Waals surface area contributed by atoms with Crippen molar-refractivity contribution in [2.24, 2.45) is 0 Å². The molecular weight excluding hydrogens is 123 g/mol. The van der Waals surface area contributed by atoms with E-state index >= 15 is 0 Å². The Morgan fingerprint density at radius 3 is 2.33 bits per heavy atom. The van der Waals surface area contributed by atoms with Crippen LogP contribution in [0.3, 0.4) is 0 Å². The third-order valence-electron chi connectivity index (χ3n) is 0.817. The highest BCUT2D eigenvalue weighted by Gasteiger charge is 2.00. The van der Waals surface area contributed by atoms with Gasteiger partial charge in [-0.1, -0.05) is 0 Å². The number of halogens is 1. The van der Waals surface area contributed by atoms with Crippen LogP contribution in [0.25, 0.3) is 0 Å². The SMILES string of the molecule is CC(=CC(C)F)C(=O)O. The Bertz CT molecular complexity index is 138. The lowest BCUT2D eigenvalue weighted by Crippen LogP contribution is -1.98. The molecule has 3 heteroatoms. The molecule has 0 aromatic rings. The van der Waals surface area contributed by atoms with Crippen LogP contribution in [-0.4, -0.2) is 17.2 Å². The van der Waals surface area contributed by atoms with Gasteiger partial charge in [0.1, 0.15) is 6.17 Å². The zero-order valence-electron chi connectivity index (χ0n) is 5.39. The predicted molar refractivity (Wildman–Crippen MR) is 32.0 cm³/mol. The van der Waals surface area contributed by atoms with Gasteiger partial charge in [-0.15, -0.1) is 0 Å². The molecule has 0 aliphatic rings. The largest absolute Gasteiger partial charge is 0.478 e. The number of aliphatic carboxylic acids is 1. The molecule has 0 saturated carbocycles. The van der Waals surface area contributed by atoms with Crippen molar-refractivity contribution in [1.29, 1.82) is 0 Å². The average Bonchev–Trinajstić information content (AvgIpc) is 1.63. The molecule has 0 bridgehead atoms. The molecule has 1 unspecified atom stereocenters. The lowest BCUT2D eigenvalue weighted by atomic mass is 10.2. The van der Waals surface area contributed by atoms with E-state index in [-0.39, 0.29) is 5.57 Å². The molecule has 0 amide bonds. The van der Waals surface area contributed by atoms with E-state index in [2.05, 4.69) is 0 Å². The van der Waals surface area contributed by atoms with E-state index in [1.807, 2.05) is 0 Å². The second kappa shape index (κ2) is 3.22. The molecule has 0 aliphatic heterocycles. The Kier molecular flexibility index (Phi) is 2.91. The van der Waals surface area contributed by atoms with Gasteiger partial charge in [0.25, 0.3) is 0 Å². The first-order chi connectivity index (χ1) is 4.04. The number of rotatable bonds is 2. The van der Waals surface area contributed by atoms with Crippen LogP contribution in [0.2, 0.25) is 0 Å². The van der Waals surface area contributed by atoms with E-state index in [0.29, 0.717) is 0 Å². The summed E-state index contributed by atoms with van der Waals surface area (Å²) in [5.41, 5.74) is 0.0463. The van der Waals surface area contributed by atoms with Crippen LogP contribution >= 0.6 is 0 Å². The lowest BCUT2D eigenvalue weighted by Gasteiger charge is -1.92. The fourth-order valence-electron chi connectivity index (χ4n) is 0.416. The molecule has 0 spiro atoms. The van der Waals surface area contributed by atoms with Gasteiger partial charge in [0.15, 0.2) is 0 Å². The number of alkyl halides is 1. The first-order valence-electron chi connectivity index (χ1n) is 2.60. The summed E-state index contributed by atoms with van der Waals surface area (Å²) in [5.74, 6) is -1.07. The van der Waals surface area contributed by atoms with E-state index in [0.717, 1.165) is 6.08 Å². The maximum Gasteiger partial charge on any atom is 0.331 e. The molecule has 2 nitrogen and oxygen atoms in total. The minimum Gasteiger partial charge on any atom is -0.478 e. The summed E-state index contributed by atoms with van der Waals surface area (Å²) < 4.78 is 12.0. The summed E-state index contributed by atoms with van der Waals surface area (Å²) >= 11 is 0. The number of carbonyl (C=O) groups is 1. The maximum absolute atomic E-state index is 12.0. The summed E-state index contributed by atoms with van der Waals surface area (Å²) in [6, 6.07) is 0. The Morgan fingerprint density at radius 2 is 2.22 bits per heavy atom. The van der Waals surface area contributed by atoms with Gasteiger partial charge in [0.05, 0.1) is 0 Å². The molecule has 1 atom stereocenters. The van der Waals surface area contributed by atoms with Crippen LogP contribution in [-0.2, 0) is 4.79 Å². The van der Waals surface area contributed by atoms with Crippen LogP contribution in [0.4, 0.5) is 4.39 Å². The number of hydrogen-bond acceptors (Lipinski definition) is 1. The topological polar surface area (TPSA) is 37.3 Å². The van der Waals surface area contributed by atoms with Gasteiger partial charge in [-0.25, -0.2) is 9.18 Å². The van der Waals surface area contributed by atoms with Crippen molar-refractivity contribution in [2.45, 2.75) is 20.0 Å². The van der Waals surface area contributed by atoms with Crippen LogP contribution in [0.1, 0.15) is 13.8 Å². The quantitative estimate of drug-likeness (QED) is 0.576.